The van der Waals surface area contributed by atoms with E-state index in [9.17, 15) is 5.11 Å². The Morgan fingerprint density at radius 1 is 1.11 bits per heavy atom. The van der Waals surface area contributed by atoms with Gasteiger partial charge >= 0.3 is 0 Å². The van der Waals surface area contributed by atoms with E-state index >= 15 is 0 Å². The third-order valence-electron chi connectivity index (χ3n) is 4.82. The van der Waals surface area contributed by atoms with Crippen molar-refractivity contribution < 1.29 is 5.11 Å². The van der Waals surface area contributed by atoms with Gasteiger partial charge in [-0.05, 0) is 49.3 Å². The lowest BCUT2D eigenvalue weighted by Crippen LogP contribution is -2.35. The molecule has 0 spiro atoms. The first-order valence-corrected chi connectivity index (χ1v) is 7.80. The molecule has 1 heterocycles. The molecule has 0 saturated heterocycles. The van der Waals surface area contributed by atoms with Crippen molar-refractivity contribution in [3.05, 3.63) is 35.4 Å². The van der Waals surface area contributed by atoms with Crippen LogP contribution in [0.2, 0.25) is 0 Å². The second-order valence-corrected chi connectivity index (χ2v) is 6.22. The van der Waals surface area contributed by atoms with Crippen LogP contribution in [0.15, 0.2) is 24.3 Å². The highest BCUT2D eigenvalue weighted by Crippen LogP contribution is 2.28. The molecule has 1 N–H and O–H groups in total. The van der Waals surface area contributed by atoms with Gasteiger partial charge in [0.1, 0.15) is 0 Å². The molecule has 19 heavy (non-hydrogen) atoms. The zero-order chi connectivity index (χ0) is 13.1. The Balaban J connectivity index is 1.62. The SMILES string of the molecule is OC(CN1CCCc2ccccc2C1)C1CCCC1. The van der Waals surface area contributed by atoms with Gasteiger partial charge in [-0.2, -0.15) is 0 Å². The summed E-state index contributed by atoms with van der Waals surface area (Å²) >= 11 is 0. The molecule has 0 amide bonds. The highest BCUT2D eigenvalue weighted by molar-refractivity contribution is 5.28. The predicted molar refractivity (Wildman–Crippen MR) is 78.0 cm³/mol. The van der Waals surface area contributed by atoms with E-state index < -0.39 is 0 Å². The summed E-state index contributed by atoms with van der Waals surface area (Å²) in [7, 11) is 0. The monoisotopic (exact) mass is 259 g/mol. The lowest BCUT2D eigenvalue weighted by molar-refractivity contribution is 0.0634. The maximum Gasteiger partial charge on any atom is 0.0695 e. The van der Waals surface area contributed by atoms with Gasteiger partial charge in [0, 0.05) is 13.1 Å². The second-order valence-electron chi connectivity index (χ2n) is 6.22. The van der Waals surface area contributed by atoms with Gasteiger partial charge in [0.05, 0.1) is 6.10 Å². The smallest absolute Gasteiger partial charge is 0.0695 e. The number of aliphatic hydroxyl groups excluding tert-OH is 1. The summed E-state index contributed by atoms with van der Waals surface area (Å²) in [5.41, 5.74) is 2.96. The molecule has 1 saturated carbocycles. The number of benzene rings is 1. The summed E-state index contributed by atoms with van der Waals surface area (Å²) in [6.45, 7) is 3.00. The normalized spacial score (nSPS) is 23.0. The number of aliphatic hydroxyl groups is 1. The third kappa shape index (κ3) is 3.18. The Morgan fingerprint density at radius 2 is 1.84 bits per heavy atom. The first kappa shape index (κ1) is 13.1. The van der Waals surface area contributed by atoms with Crippen LogP contribution in [0.25, 0.3) is 0 Å². The predicted octanol–water partition coefficient (Wildman–Crippen LogP) is 2.99. The molecule has 0 radical (unpaired) electrons. The van der Waals surface area contributed by atoms with Gasteiger partial charge in [0.2, 0.25) is 0 Å². The van der Waals surface area contributed by atoms with Gasteiger partial charge < -0.3 is 5.11 Å². The van der Waals surface area contributed by atoms with Gasteiger partial charge in [0.25, 0.3) is 0 Å². The molecule has 1 aromatic carbocycles. The molecule has 1 aliphatic carbocycles. The standard InChI is InChI=1S/C17H25NO/c19-17(15-7-2-3-8-15)13-18-11-5-10-14-6-1-4-9-16(14)12-18/h1,4,6,9,15,17,19H,2-3,5,7-8,10-13H2. The van der Waals surface area contributed by atoms with Gasteiger partial charge in [-0.25, -0.2) is 0 Å². The zero-order valence-corrected chi connectivity index (χ0v) is 11.7. The molecule has 1 atom stereocenters. The van der Waals surface area contributed by atoms with E-state index in [0.29, 0.717) is 5.92 Å². The minimum Gasteiger partial charge on any atom is -0.392 e. The number of nitrogens with zero attached hydrogens (tertiary/aromatic N) is 1. The quantitative estimate of drug-likeness (QED) is 0.902. The van der Waals surface area contributed by atoms with E-state index in [1.165, 1.54) is 49.7 Å². The fourth-order valence-electron chi connectivity index (χ4n) is 3.68. The van der Waals surface area contributed by atoms with Crippen LogP contribution < -0.4 is 0 Å². The topological polar surface area (TPSA) is 23.5 Å². The first-order valence-electron chi connectivity index (χ1n) is 7.80. The van der Waals surface area contributed by atoms with Crippen LogP contribution in [-0.2, 0) is 13.0 Å². The third-order valence-corrected chi connectivity index (χ3v) is 4.82. The molecule has 2 nitrogen and oxygen atoms in total. The molecular weight excluding hydrogens is 234 g/mol. The van der Waals surface area contributed by atoms with Crippen molar-refractivity contribution in [2.45, 2.75) is 51.2 Å². The average Bonchev–Trinajstić information content (AvgIpc) is 2.87. The molecule has 1 fully saturated rings. The van der Waals surface area contributed by atoms with Crippen LogP contribution >= 0.6 is 0 Å². The van der Waals surface area contributed by atoms with Crippen molar-refractivity contribution in [2.24, 2.45) is 5.92 Å². The van der Waals surface area contributed by atoms with E-state index in [1.54, 1.807) is 0 Å². The van der Waals surface area contributed by atoms with Crippen LogP contribution in [0.3, 0.4) is 0 Å². The van der Waals surface area contributed by atoms with Crippen LogP contribution in [0.1, 0.15) is 43.2 Å². The molecular formula is C17H25NO. The molecule has 1 unspecified atom stereocenters. The van der Waals surface area contributed by atoms with Crippen LogP contribution in [0, 0.1) is 5.92 Å². The molecule has 1 aromatic rings. The van der Waals surface area contributed by atoms with Gasteiger partial charge in [-0.3, -0.25) is 4.90 Å². The molecule has 0 bridgehead atoms. The lowest BCUT2D eigenvalue weighted by Gasteiger charge is -2.26. The number of fused-ring (bicyclic) bond motifs is 1. The van der Waals surface area contributed by atoms with E-state index in [1.807, 2.05) is 0 Å². The Kier molecular flexibility index (Phi) is 4.19. The van der Waals surface area contributed by atoms with Crippen molar-refractivity contribution in [1.29, 1.82) is 0 Å². The molecule has 0 aromatic heterocycles. The zero-order valence-electron chi connectivity index (χ0n) is 11.7. The summed E-state index contributed by atoms with van der Waals surface area (Å²) in [5, 5.41) is 10.4. The lowest BCUT2D eigenvalue weighted by atomic mass is 10.0. The number of hydrogen-bond donors (Lipinski definition) is 1. The van der Waals surface area contributed by atoms with Crippen LogP contribution in [0.4, 0.5) is 0 Å². The van der Waals surface area contributed by atoms with Crippen LogP contribution in [0.5, 0.6) is 0 Å². The molecule has 3 rings (SSSR count). The fourth-order valence-corrected chi connectivity index (χ4v) is 3.68. The number of aryl methyl sites for hydroxylation is 1. The molecule has 2 aliphatic rings. The Morgan fingerprint density at radius 3 is 2.63 bits per heavy atom. The molecule has 104 valence electrons. The van der Waals surface area contributed by atoms with Crippen molar-refractivity contribution in [1.82, 2.24) is 4.90 Å². The second kappa shape index (κ2) is 6.06. The summed E-state index contributed by atoms with van der Waals surface area (Å²) in [6.07, 6.45) is 7.36. The largest absolute Gasteiger partial charge is 0.392 e. The van der Waals surface area contributed by atoms with Crippen molar-refractivity contribution in [2.75, 3.05) is 13.1 Å². The summed E-state index contributed by atoms with van der Waals surface area (Å²) < 4.78 is 0. The maximum atomic E-state index is 10.4. The molecule has 1 aliphatic heterocycles. The average molecular weight is 259 g/mol. The van der Waals surface area contributed by atoms with Crippen molar-refractivity contribution in [3.63, 3.8) is 0 Å². The first-order chi connectivity index (χ1) is 9.33. The number of hydrogen-bond acceptors (Lipinski definition) is 2. The Hall–Kier alpha value is -0.860. The van der Waals surface area contributed by atoms with E-state index in [2.05, 4.69) is 29.2 Å². The van der Waals surface area contributed by atoms with Gasteiger partial charge in [0.15, 0.2) is 0 Å². The number of β-amino-alcohol motifs (C(OH)–C–C–N with tert-alkyl or cyclic N) is 1. The van der Waals surface area contributed by atoms with E-state index in [4.69, 9.17) is 0 Å². The Labute approximate surface area is 116 Å². The highest BCUT2D eigenvalue weighted by atomic mass is 16.3. The highest BCUT2D eigenvalue weighted by Gasteiger charge is 2.25. The summed E-state index contributed by atoms with van der Waals surface area (Å²) in [6, 6.07) is 8.78. The van der Waals surface area contributed by atoms with Crippen LogP contribution in [-0.4, -0.2) is 29.2 Å². The summed E-state index contributed by atoms with van der Waals surface area (Å²) in [4.78, 5) is 2.45. The van der Waals surface area contributed by atoms with E-state index in [0.717, 1.165) is 19.6 Å². The number of rotatable bonds is 3. The van der Waals surface area contributed by atoms with E-state index in [-0.39, 0.29) is 6.10 Å². The maximum absolute atomic E-state index is 10.4. The Bertz CT molecular complexity index is 411. The minimum absolute atomic E-state index is 0.118. The van der Waals surface area contributed by atoms with Crippen molar-refractivity contribution >= 4 is 0 Å². The summed E-state index contributed by atoms with van der Waals surface area (Å²) in [5.74, 6) is 0.554. The fraction of sp³-hybridized carbons (Fsp3) is 0.647. The molecule has 2 heteroatoms. The van der Waals surface area contributed by atoms with Gasteiger partial charge in [-0.1, -0.05) is 37.1 Å². The van der Waals surface area contributed by atoms with Gasteiger partial charge in [-0.15, -0.1) is 0 Å². The van der Waals surface area contributed by atoms with Crippen molar-refractivity contribution in [3.8, 4) is 0 Å². The minimum atomic E-state index is -0.118.